The first-order valence-electron chi connectivity index (χ1n) is 6.26. The molecule has 1 heterocycles. The van der Waals surface area contributed by atoms with Crippen molar-refractivity contribution >= 4 is 28.5 Å². The standard InChI is InChI=1S/C12H17N3O3S/c1-7-5-14-12(19-7)15-11(18)13-6-8-3-2-4-9(8)10(16)17/h5,8-9H,2-4,6H2,1H3,(H,16,17)(H2,13,14,15,18). The van der Waals surface area contributed by atoms with Gasteiger partial charge in [-0.2, -0.15) is 0 Å². The predicted molar refractivity (Wildman–Crippen MR) is 72.3 cm³/mol. The minimum absolute atomic E-state index is 0.0290. The summed E-state index contributed by atoms with van der Waals surface area (Å²) in [4.78, 5) is 27.7. The van der Waals surface area contributed by atoms with Gasteiger partial charge in [-0.15, -0.1) is 11.3 Å². The number of thiazole rings is 1. The van der Waals surface area contributed by atoms with E-state index in [2.05, 4.69) is 15.6 Å². The third-order valence-corrected chi connectivity index (χ3v) is 4.17. The van der Waals surface area contributed by atoms with Crippen LogP contribution in [0.3, 0.4) is 0 Å². The molecule has 0 saturated heterocycles. The van der Waals surface area contributed by atoms with Gasteiger partial charge >= 0.3 is 12.0 Å². The van der Waals surface area contributed by atoms with E-state index in [1.54, 1.807) is 6.20 Å². The number of aromatic nitrogens is 1. The molecule has 2 amide bonds. The molecule has 6 nitrogen and oxygen atoms in total. The molecule has 1 fully saturated rings. The number of nitrogens with one attached hydrogen (secondary N) is 2. The molecule has 104 valence electrons. The lowest BCUT2D eigenvalue weighted by atomic mass is 9.96. The highest BCUT2D eigenvalue weighted by atomic mass is 32.1. The van der Waals surface area contributed by atoms with E-state index >= 15 is 0 Å². The van der Waals surface area contributed by atoms with Gasteiger partial charge in [-0.05, 0) is 25.7 Å². The average molecular weight is 283 g/mol. The molecule has 1 aliphatic rings. The molecule has 2 unspecified atom stereocenters. The lowest BCUT2D eigenvalue weighted by Crippen LogP contribution is -2.35. The molecule has 19 heavy (non-hydrogen) atoms. The van der Waals surface area contributed by atoms with E-state index in [1.165, 1.54) is 11.3 Å². The molecule has 0 bridgehead atoms. The van der Waals surface area contributed by atoms with E-state index < -0.39 is 5.97 Å². The third kappa shape index (κ3) is 3.66. The molecule has 2 atom stereocenters. The number of anilines is 1. The molecule has 1 aliphatic carbocycles. The maximum atomic E-state index is 11.7. The highest BCUT2D eigenvalue weighted by Crippen LogP contribution is 2.31. The van der Waals surface area contributed by atoms with Gasteiger partial charge in [-0.1, -0.05) is 6.42 Å². The van der Waals surface area contributed by atoms with Crippen LogP contribution in [0.15, 0.2) is 6.20 Å². The number of hydrogen-bond acceptors (Lipinski definition) is 4. The molecule has 7 heteroatoms. The lowest BCUT2D eigenvalue weighted by Gasteiger charge is -2.16. The number of rotatable bonds is 4. The van der Waals surface area contributed by atoms with Crippen molar-refractivity contribution in [3.8, 4) is 0 Å². The van der Waals surface area contributed by atoms with Gasteiger partial charge in [0.05, 0.1) is 5.92 Å². The van der Waals surface area contributed by atoms with Crippen LogP contribution >= 0.6 is 11.3 Å². The van der Waals surface area contributed by atoms with E-state index in [4.69, 9.17) is 5.11 Å². The number of carboxylic acid groups (broad SMARTS) is 1. The van der Waals surface area contributed by atoms with Gasteiger partial charge < -0.3 is 10.4 Å². The van der Waals surface area contributed by atoms with E-state index in [9.17, 15) is 9.59 Å². The molecule has 0 aliphatic heterocycles. The molecule has 0 spiro atoms. The van der Waals surface area contributed by atoms with Crippen LogP contribution in [0.5, 0.6) is 0 Å². The Kier molecular flexibility index (Phi) is 4.36. The van der Waals surface area contributed by atoms with Crippen LogP contribution in [0.2, 0.25) is 0 Å². The van der Waals surface area contributed by atoms with Crippen molar-refractivity contribution in [2.45, 2.75) is 26.2 Å². The number of aliphatic carboxylic acids is 1. The Morgan fingerprint density at radius 3 is 2.95 bits per heavy atom. The van der Waals surface area contributed by atoms with Gasteiger partial charge in [0.25, 0.3) is 0 Å². The minimum Gasteiger partial charge on any atom is -0.481 e. The Balaban J connectivity index is 1.78. The summed E-state index contributed by atoms with van der Waals surface area (Å²) in [5, 5.41) is 15.0. The van der Waals surface area contributed by atoms with E-state index in [0.29, 0.717) is 18.1 Å². The molecule has 3 N–H and O–H groups in total. The summed E-state index contributed by atoms with van der Waals surface area (Å²) >= 11 is 1.40. The summed E-state index contributed by atoms with van der Waals surface area (Å²) in [7, 11) is 0. The summed E-state index contributed by atoms with van der Waals surface area (Å²) in [6.45, 7) is 2.31. The van der Waals surface area contributed by atoms with Crippen molar-refractivity contribution in [2.75, 3.05) is 11.9 Å². The summed E-state index contributed by atoms with van der Waals surface area (Å²) in [6.07, 6.45) is 4.16. The van der Waals surface area contributed by atoms with Gasteiger partial charge in [-0.25, -0.2) is 9.78 Å². The molecule has 1 saturated carbocycles. The van der Waals surface area contributed by atoms with E-state index in [0.717, 1.165) is 17.7 Å². The first kappa shape index (κ1) is 13.8. The van der Waals surface area contributed by atoms with Gasteiger partial charge in [-0.3, -0.25) is 10.1 Å². The summed E-state index contributed by atoms with van der Waals surface area (Å²) < 4.78 is 0. The first-order chi connectivity index (χ1) is 9.06. The Morgan fingerprint density at radius 2 is 2.32 bits per heavy atom. The maximum Gasteiger partial charge on any atom is 0.321 e. The van der Waals surface area contributed by atoms with E-state index in [-0.39, 0.29) is 17.9 Å². The topological polar surface area (TPSA) is 91.3 Å². The SMILES string of the molecule is Cc1cnc(NC(=O)NCC2CCCC2C(=O)O)s1. The minimum atomic E-state index is -0.764. The molecule has 1 aromatic rings. The summed E-state index contributed by atoms with van der Waals surface area (Å²) in [5.74, 6) is -1.07. The number of urea groups is 1. The third-order valence-electron chi connectivity index (χ3n) is 3.34. The molecule has 1 aromatic heterocycles. The van der Waals surface area contributed by atoms with Crippen LogP contribution in [-0.4, -0.2) is 28.6 Å². The second-order valence-electron chi connectivity index (χ2n) is 4.75. The van der Waals surface area contributed by atoms with Crippen molar-refractivity contribution in [1.29, 1.82) is 0 Å². The molecule has 0 aromatic carbocycles. The average Bonchev–Trinajstić information content (AvgIpc) is 2.95. The second kappa shape index (κ2) is 6.01. The van der Waals surface area contributed by atoms with Crippen molar-refractivity contribution in [3.05, 3.63) is 11.1 Å². The fraction of sp³-hybridized carbons (Fsp3) is 0.583. The normalized spacial score (nSPS) is 22.2. The molecular weight excluding hydrogens is 266 g/mol. The molecule has 0 radical (unpaired) electrons. The van der Waals surface area contributed by atoms with Crippen molar-refractivity contribution in [2.24, 2.45) is 11.8 Å². The quantitative estimate of drug-likeness (QED) is 0.789. The van der Waals surface area contributed by atoms with Gasteiger partial charge in [0.2, 0.25) is 0 Å². The fourth-order valence-corrected chi connectivity index (χ4v) is 3.04. The Hall–Kier alpha value is -1.63. The number of carbonyl (C=O) groups excluding carboxylic acids is 1. The number of carbonyl (C=O) groups is 2. The number of amides is 2. The molecular formula is C12H17N3O3S. The lowest BCUT2D eigenvalue weighted by molar-refractivity contribution is -0.142. The van der Waals surface area contributed by atoms with Gasteiger partial charge in [0, 0.05) is 17.6 Å². The fourth-order valence-electron chi connectivity index (χ4n) is 2.38. The Labute approximate surface area is 115 Å². The zero-order valence-corrected chi connectivity index (χ0v) is 11.5. The van der Waals surface area contributed by atoms with Crippen LogP contribution in [0.4, 0.5) is 9.93 Å². The van der Waals surface area contributed by atoms with Crippen molar-refractivity contribution in [3.63, 3.8) is 0 Å². The monoisotopic (exact) mass is 283 g/mol. The number of nitrogens with zero attached hydrogens (tertiary/aromatic N) is 1. The van der Waals surface area contributed by atoms with Crippen LogP contribution < -0.4 is 10.6 Å². The van der Waals surface area contributed by atoms with E-state index in [1.807, 2.05) is 6.92 Å². The zero-order chi connectivity index (χ0) is 13.8. The van der Waals surface area contributed by atoms with Gasteiger partial charge in [0.1, 0.15) is 0 Å². The zero-order valence-electron chi connectivity index (χ0n) is 10.7. The second-order valence-corrected chi connectivity index (χ2v) is 5.98. The number of hydrogen-bond donors (Lipinski definition) is 3. The van der Waals surface area contributed by atoms with Crippen molar-refractivity contribution in [1.82, 2.24) is 10.3 Å². The molecule has 2 rings (SSSR count). The van der Waals surface area contributed by atoms with Crippen LogP contribution in [-0.2, 0) is 4.79 Å². The first-order valence-corrected chi connectivity index (χ1v) is 7.08. The summed E-state index contributed by atoms with van der Waals surface area (Å²) in [6, 6.07) is -0.328. The number of carboxylic acids is 1. The highest BCUT2D eigenvalue weighted by Gasteiger charge is 2.32. The van der Waals surface area contributed by atoms with Crippen LogP contribution in [0.25, 0.3) is 0 Å². The van der Waals surface area contributed by atoms with Crippen LogP contribution in [0, 0.1) is 18.8 Å². The van der Waals surface area contributed by atoms with Crippen molar-refractivity contribution < 1.29 is 14.7 Å². The Bertz CT molecular complexity index is 475. The predicted octanol–water partition coefficient (Wildman–Crippen LogP) is 2.07. The maximum absolute atomic E-state index is 11.7. The van der Waals surface area contributed by atoms with Crippen LogP contribution in [0.1, 0.15) is 24.1 Å². The highest BCUT2D eigenvalue weighted by molar-refractivity contribution is 7.15. The smallest absolute Gasteiger partial charge is 0.321 e. The summed E-state index contributed by atoms with van der Waals surface area (Å²) in [5.41, 5.74) is 0. The largest absolute Gasteiger partial charge is 0.481 e. The van der Waals surface area contributed by atoms with Gasteiger partial charge in [0.15, 0.2) is 5.13 Å². The Morgan fingerprint density at radius 1 is 1.53 bits per heavy atom. The number of aryl methyl sites for hydroxylation is 1.